The molecule has 1 aliphatic carbocycles. The molecule has 0 unspecified atom stereocenters. The van der Waals surface area contributed by atoms with Crippen LogP contribution in [0.4, 0.5) is 4.79 Å². The molecule has 0 bridgehead atoms. The fourth-order valence-electron chi connectivity index (χ4n) is 3.57. The Morgan fingerprint density at radius 2 is 1.79 bits per heavy atom. The van der Waals surface area contributed by atoms with Crippen LogP contribution in [0.15, 0.2) is 0 Å². The molecule has 2 amide bonds. The van der Waals surface area contributed by atoms with Crippen molar-refractivity contribution in [3.8, 4) is 0 Å². The van der Waals surface area contributed by atoms with Crippen LogP contribution in [0.3, 0.4) is 0 Å². The van der Waals surface area contributed by atoms with Gasteiger partial charge in [0.25, 0.3) is 0 Å². The molecule has 3 rings (SSSR count). The second kappa shape index (κ2) is 8.40. The van der Waals surface area contributed by atoms with Crippen molar-refractivity contribution in [3.63, 3.8) is 0 Å². The van der Waals surface area contributed by atoms with Gasteiger partial charge in [0.2, 0.25) is 0 Å². The number of likely N-dealkylation sites (tertiary alicyclic amines) is 1. The minimum Gasteiger partial charge on any atom is -0.335 e. The number of amides is 2. The molecule has 24 heavy (non-hydrogen) atoms. The molecular formula is C16H27N5OS2. The van der Waals surface area contributed by atoms with Gasteiger partial charge in [0.15, 0.2) is 3.95 Å². The molecule has 1 saturated heterocycles. The summed E-state index contributed by atoms with van der Waals surface area (Å²) in [7, 11) is 0. The molecule has 1 aliphatic heterocycles. The van der Waals surface area contributed by atoms with Gasteiger partial charge in [-0.25, -0.2) is 9.48 Å². The topological polar surface area (TPSA) is 62.2 Å². The van der Waals surface area contributed by atoms with Crippen LogP contribution >= 0.6 is 23.6 Å². The Labute approximate surface area is 152 Å². The van der Waals surface area contributed by atoms with Crippen LogP contribution in [0.25, 0.3) is 0 Å². The summed E-state index contributed by atoms with van der Waals surface area (Å²) in [5.74, 6) is 0. The Morgan fingerprint density at radius 3 is 2.38 bits per heavy atom. The molecule has 0 radical (unpaired) electrons. The smallest absolute Gasteiger partial charge is 0.315 e. The Balaban J connectivity index is 1.39. The zero-order chi connectivity index (χ0) is 16.9. The number of nitrogens with one attached hydrogen (secondary N) is 2. The van der Waals surface area contributed by atoms with Crippen molar-refractivity contribution < 1.29 is 4.79 Å². The van der Waals surface area contributed by atoms with E-state index in [4.69, 9.17) is 12.2 Å². The van der Waals surface area contributed by atoms with Crippen LogP contribution in [0, 0.1) is 10.9 Å². The molecule has 2 N–H and O–H groups in total. The summed E-state index contributed by atoms with van der Waals surface area (Å²) in [6, 6.07) is 0.654. The zero-order valence-electron chi connectivity index (χ0n) is 14.3. The number of carbonyl (C=O) groups excluding carboxylic acids is 1. The zero-order valence-corrected chi connectivity index (χ0v) is 15.9. The third kappa shape index (κ3) is 5.00. The number of hydrogen-bond donors (Lipinski definition) is 2. The summed E-state index contributed by atoms with van der Waals surface area (Å²) in [6.45, 7) is 4.67. The highest BCUT2D eigenvalue weighted by Crippen LogP contribution is 2.17. The summed E-state index contributed by atoms with van der Waals surface area (Å²) < 4.78 is 2.73. The lowest BCUT2D eigenvalue weighted by molar-refractivity contribution is 0.151. The quantitative estimate of drug-likeness (QED) is 0.801. The number of nitrogens with zero attached hydrogens (tertiary/aromatic N) is 3. The number of carbonyl (C=O) groups is 1. The van der Waals surface area contributed by atoms with E-state index in [2.05, 4.69) is 20.6 Å². The molecule has 6 nitrogen and oxygen atoms in total. The summed E-state index contributed by atoms with van der Waals surface area (Å²) in [4.78, 5) is 14.5. The molecule has 1 aromatic heterocycles. The molecule has 1 aromatic rings. The highest BCUT2D eigenvalue weighted by molar-refractivity contribution is 7.73. The standard InChI is InChI=1S/C16H27N5OS2/c1-12-19-21(16(23)24-12)11-20-9-7-14(8-10-20)18-15(22)17-13-5-3-2-4-6-13/h13-14H,2-11H2,1H3,(H2,17,18,22). The van der Waals surface area contributed by atoms with Gasteiger partial charge in [0.1, 0.15) is 5.01 Å². The van der Waals surface area contributed by atoms with E-state index in [-0.39, 0.29) is 12.1 Å². The molecule has 8 heteroatoms. The Kier molecular flexibility index (Phi) is 6.24. The van der Waals surface area contributed by atoms with E-state index in [0.29, 0.717) is 6.04 Å². The van der Waals surface area contributed by atoms with Crippen molar-refractivity contribution in [2.75, 3.05) is 13.1 Å². The highest BCUT2D eigenvalue weighted by Gasteiger charge is 2.22. The van der Waals surface area contributed by atoms with Crippen molar-refractivity contribution in [3.05, 3.63) is 8.96 Å². The first-order valence-corrected chi connectivity index (χ1v) is 10.2. The van der Waals surface area contributed by atoms with Crippen LogP contribution in [-0.4, -0.2) is 45.9 Å². The Morgan fingerprint density at radius 1 is 1.17 bits per heavy atom. The highest BCUT2D eigenvalue weighted by atomic mass is 32.1. The first-order valence-electron chi connectivity index (χ1n) is 8.94. The van der Waals surface area contributed by atoms with Gasteiger partial charge in [-0.15, -0.1) is 0 Å². The van der Waals surface area contributed by atoms with E-state index in [9.17, 15) is 4.79 Å². The normalized spacial score (nSPS) is 20.9. The maximum Gasteiger partial charge on any atom is 0.315 e. The molecule has 0 spiro atoms. The van der Waals surface area contributed by atoms with Gasteiger partial charge in [-0.2, -0.15) is 5.10 Å². The second-order valence-corrected chi connectivity index (χ2v) is 8.70. The first-order chi connectivity index (χ1) is 11.6. The second-order valence-electron chi connectivity index (χ2n) is 6.87. The van der Waals surface area contributed by atoms with Crippen molar-refractivity contribution >= 4 is 29.6 Å². The lowest BCUT2D eigenvalue weighted by atomic mass is 9.96. The van der Waals surface area contributed by atoms with E-state index in [1.54, 1.807) is 11.3 Å². The van der Waals surface area contributed by atoms with E-state index in [1.807, 2.05) is 11.6 Å². The van der Waals surface area contributed by atoms with Gasteiger partial charge < -0.3 is 10.6 Å². The molecule has 0 aromatic carbocycles. The summed E-state index contributed by atoms with van der Waals surface area (Å²) in [5.41, 5.74) is 0. The lowest BCUT2D eigenvalue weighted by Gasteiger charge is -2.32. The number of hydrogen-bond acceptors (Lipinski definition) is 5. The van der Waals surface area contributed by atoms with Gasteiger partial charge in [-0.05, 0) is 44.8 Å². The Bertz CT molecular complexity index is 600. The molecule has 1 saturated carbocycles. The Hall–Kier alpha value is -0.990. The number of piperidine rings is 1. The molecule has 0 atom stereocenters. The van der Waals surface area contributed by atoms with Crippen LogP contribution < -0.4 is 10.6 Å². The average Bonchev–Trinajstić information content (AvgIpc) is 2.87. The minimum absolute atomic E-state index is 0.0118. The van der Waals surface area contributed by atoms with Crippen molar-refractivity contribution in [1.82, 2.24) is 25.3 Å². The maximum absolute atomic E-state index is 12.1. The molecule has 2 aliphatic rings. The van der Waals surface area contributed by atoms with E-state index in [0.717, 1.165) is 54.4 Å². The monoisotopic (exact) mass is 369 g/mol. The van der Waals surface area contributed by atoms with Crippen LogP contribution in [0.2, 0.25) is 0 Å². The van der Waals surface area contributed by atoms with Crippen molar-refractivity contribution in [2.45, 2.75) is 70.6 Å². The largest absolute Gasteiger partial charge is 0.335 e. The number of aromatic nitrogens is 2. The van der Waals surface area contributed by atoms with E-state index < -0.39 is 0 Å². The third-order valence-corrected chi connectivity index (χ3v) is 6.13. The number of aryl methyl sites for hydroxylation is 1. The van der Waals surface area contributed by atoms with Crippen LogP contribution in [-0.2, 0) is 6.67 Å². The first kappa shape index (κ1) is 17.8. The lowest BCUT2D eigenvalue weighted by Crippen LogP contribution is -2.50. The molecular weight excluding hydrogens is 342 g/mol. The maximum atomic E-state index is 12.1. The SMILES string of the molecule is Cc1nn(CN2CCC(NC(=O)NC3CCCCC3)CC2)c(=S)s1. The van der Waals surface area contributed by atoms with Gasteiger partial charge >= 0.3 is 6.03 Å². The summed E-state index contributed by atoms with van der Waals surface area (Å²) in [6.07, 6.45) is 7.99. The van der Waals surface area contributed by atoms with Gasteiger partial charge in [-0.1, -0.05) is 30.6 Å². The molecule has 2 fully saturated rings. The van der Waals surface area contributed by atoms with Crippen molar-refractivity contribution in [2.24, 2.45) is 0 Å². The average molecular weight is 370 g/mol. The van der Waals surface area contributed by atoms with Gasteiger partial charge in [0.05, 0.1) is 6.67 Å². The number of rotatable bonds is 4. The summed E-state index contributed by atoms with van der Waals surface area (Å²) >= 11 is 6.88. The predicted molar refractivity (Wildman–Crippen MR) is 98.8 cm³/mol. The summed E-state index contributed by atoms with van der Waals surface area (Å²) in [5, 5.41) is 11.7. The molecule has 2 heterocycles. The van der Waals surface area contributed by atoms with Crippen molar-refractivity contribution in [1.29, 1.82) is 0 Å². The fourth-order valence-corrected chi connectivity index (χ4v) is 4.62. The number of urea groups is 1. The third-order valence-electron chi connectivity index (χ3n) is 4.90. The fraction of sp³-hybridized carbons (Fsp3) is 0.812. The van der Waals surface area contributed by atoms with Crippen LogP contribution in [0.5, 0.6) is 0 Å². The van der Waals surface area contributed by atoms with Crippen LogP contribution in [0.1, 0.15) is 50.0 Å². The minimum atomic E-state index is 0.0118. The van der Waals surface area contributed by atoms with E-state index in [1.165, 1.54) is 19.3 Å². The predicted octanol–water partition coefficient (Wildman–Crippen LogP) is 3.04. The van der Waals surface area contributed by atoms with Gasteiger partial charge in [-0.3, -0.25) is 4.90 Å². The van der Waals surface area contributed by atoms with E-state index >= 15 is 0 Å². The van der Waals surface area contributed by atoms with Gasteiger partial charge in [0, 0.05) is 25.2 Å². The molecule has 134 valence electrons.